The van der Waals surface area contributed by atoms with E-state index in [-0.39, 0.29) is 29.2 Å². The second-order valence-corrected chi connectivity index (χ2v) is 6.24. The maximum absolute atomic E-state index is 11.6. The number of carboxylic acid groups (broad SMARTS) is 1. The lowest BCUT2D eigenvalue weighted by Crippen LogP contribution is -2.31. The largest absolute Gasteiger partial charge is 0.478 e. The number of halogens is 1. The van der Waals surface area contributed by atoms with Crippen LogP contribution in [0.3, 0.4) is 0 Å². The molecule has 8 nitrogen and oxygen atoms in total. The summed E-state index contributed by atoms with van der Waals surface area (Å²) in [4.78, 5) is 21.9. The quantitative estimate of drug-likeness (QED) is 0.795. The van der Waals surface area contributed by atoms with Gasteiger partial charge in [0.1, 0.15) is 17.1 Å². The Morgan fingerprint density at radius 1 is 1.36 bits per heavy atom. The smallest absolute Gasteiger partial charge is 0.339 e. The third-order valence-electron chi connectivity index (χ3n) is 4.24. The molecular weight excluding hydrogens is 348 g/mol. The highest BCUT2D eigenvalue weighted by Crippen LogP contribution is 2.40. The molecule has 4 rings (SSSR count). The van der Waals surface area contributed by atoms with Gasteiger partial charge in [0.25, 0.3) is 0 Å². The number of benzene rings is 1. The molecule has 2 aliphatic rings. The first-order chi connectivity index (χ1) is 12.0. The number of nitrogens with two attached hydrogens (primary N) is 1. The lowest BCUT2D eigenvalue weighted by molar-refractivity contribution is 0.0694. The summed E-state index contributed by atoms with van der Waals surface area (Å²) in [6, 6.07) is 4.43. The fraction of sp³-hybridized carbons (Fsp3) is 0.312. The van der Waals surface area contributed by atoms with Gasteiger partial charge < -0.3 is 25.2 Å². The summed E-state index contributed by atoms with van der Waals surface area (Å²) in [6.45, 7) is 1.70. The first-order valence-electron chi connectivity index (χ1n) is 7.76. The molecule has 4 bridgehead atoms. The molecule has 0 radical (unpaired) electrons. The first kappa shape index (κ1) is 15.9. The van der Waals surface area contributed by atoms with Gasteiger partial charge >= 0.3 is 5.97 Å². The zero-order valence-corrected chi connectivity index (χ0v) is 13.9. The number of hydrogen-bond donors (Lipinski definition) is 2. The number of aromatic carboxylic acids is 1. The molecule has 2 aromatic rings. The SMILES string of the molecule is Nc1nc2cc(n1)N1CCCOC[C@@H]1c1cc(c(C(=O)O)cc1Cl)O2. The number of hydrogen-bond acceptors (Lipinski definition) is 7. The summed E-state index contributed by atoms with van der Waals surface area (Å²) in [5.41, 5.74) is 6.48. The zero-order valence-electron chi connectivity index (χ0n) is 13.1. The average Bonchev–Trinajstić information content (AvgIpc) is 2.79. The predicted molar refractivity (Wildman–Crippen MR) is 90.5 cm³/mol. The first-order valence-corrected chi connectivity index (χ1v) is 8.14. The van der Waals surface area contributed by atoms with Gasteiger partial charge in [0.05, 0.1) is 12.6 Å². The van der Waals surface area contributed by atoms with Crippen LogP contribution >= 0.6 is 11.6 Å². The Balaban J connectivity index is 1.97. The number of ether oxygens (including phenoxy) is 2. The van der Waals surface area contributed by atoms with E-state index in [2.05, 4.69) is 9.97 Å². The van der Waals surface area contributed by atoms with Gasteiger partial charge in [-0.15, -0.1) is 0 Å². The number of fused-ring (bicyclic) bond motifs is 7. The molecule has 0 saturated carbocycles. The van der Waals surface area contributed by atoms with Crippen LogP contribution in [-0.4, -0.2) is 40.8 Å². The highest BCUT2D eigenvalue weighted by molar-refractivity contribution is 6.32. The van der Waals surface area contributed by atoms with Crippen LogP contribution in [0.15, 0.2) is 18.2 Å². The topological polar surface area (TPSA) is 111 Å². The molecule has 25 heavy (non-hydrogen) atoms. The van der Waals surface area contributed by atoms with Crippen molar-refractivity contribution >= 4 is 29.3 Å². The van der Waals surface area contributed by atoms with E-state index in [9.17, 15) is 9.90 Å². The van der Waals surface area contributed by atoms with E-state index in [1.54, 1.807) is 12.1 Å². The van der Waals surface area contributed by atoms with Crippen LogP contribution in [0, 0.1) is 0 Å². The predicted octanol–water partition coefficient (Wildman–Crippen LogP) is 2.48. The molecule has 1 fully saturated rings. The second kappa shape index (κ2) is 6.05. The highest BCUT2D eigenvalue weighted by Gasteiger charge is 2.30. The van der Waals surface area contributed by atoms with Crippen molar-refractivity contribution in [1.29, 1.82) is 0 Å². The van der Waals surface area contributed by atoms with Gasteiger partial charge in [0.2, 0.25) is 11.8 Å². The molecular formula is C16H15ClN4O4. The van der Waals surface area contributed by atoms with Crippen molar-refractivity contribution in [2.45, 2.75) is 12.5 Å². The van der Waals surface area contributed by atoms with Gasteiger partial charge in [-0.05, 0) is 24.1 Å². The Morgan fingerprint density at radius 3 is 3.00 bits per heavy atom. The lowest BCUT2D eigenvalue weighted by atomic mass is 10.0. The third kappa shape index (κ3) is 2.83. The molecule has 0 spiro atoms. The molecule has 0 amide bonds. The Kier molecular flexibility index (Phi) is 3.85. The van der Waals surface area contributed by atoms with E-state index in [1.807, 2.05) is 4.90 Å². The normalized spacial score (nSPS) is 18.9. The third-order valence-corrected chi connectivity index (χ3v) is 4.57. The minimum absolute atomic E-state index is 0.0459. The van der Waals surface area contributed by atoms with Crippen LogP contribution in [0.25, 0.3) is 0 Å². The van der Waals surface area contributed by atoms with Crippen LogP contribution in [-0.2, 0) is 4.74 Å². The molecule has 0 aliphatic carbocycles. The summed E-state index contributed by atoms with van der Waals surface area (Å²) in [7, 11) is 0. The van der Waals surface area contributed by atoms with Crippen LogP contribution in [0.1, 0.15) is 28.4 Å². The van der Waals surface area contributed by atoms with E-state index in [0.717, 1.165) is 6.42 Å². The summed E-state index contributed by atoms with van der Waals surface area (Å²) < 4.78 is 11.4. The Morgan fingerprint density at radius 2 is 2.20 bits per heavy atom. The van der Waals surface area contributed by atoms with E-state index in [1.165, 1.54) is 6.07 Å². The van der Waals surface area contributed by atoms with Crippen molar-refractivity contribution < 1.29 is 19.4 Å². The van der Waals surface area contributed by atoms with E-state index in [4.69, 9.17) is 26.8 Å². The van der Waals surface area contributed by atoms with E-state index < -0.39 is 5.97 Å². The summed E-state index contributed by atoms with van der Waals surface area (Å²) in [5.74, 6) is -0.159. The maximum atomic E-state index is 11.6. The molecule has 1 atom stereocenters. The fourth-order valence-electron chi connectivity index (χ4n) is 3.13. The fourth-order valence-corrected chi connectivity index (χ4v) is 3.42. The monoisotopic (exact) mass is 362 g/mol. The molecule has 9 heteroatoms. The minimum Gasteiger partial charge on any atom is -0.478 e. The molecule has 3 N–H and O–H groups in total. The molecule has 3 heterocycles. The van der Waals surface area contributed by atoms with Crippen molar-refractivity contribution in [3.05, 3.63) is 34.3 Å². The standard InChI is InChI=1S/C16H15ClN4O4/c17-10-4-9(15(22)23)12-5-8(10)11-7-24-3-1-2-21(11)13-6-14(25-12)20-16(18)19-13/h4-6,11H,1-3,7H2,(H,22,23)(H2,18,19,20)/t11-/m1/s1. The van der Waals surface area contributed by atoms with Crippen molar-refractivity contribution in [2.24, 2.45) is 0 Å². The molecule has 130 valence electrons. The van der Waals surface area contributed by atoms with Crippen molar-refractivity contribution in [3.8, 4) is 11.6 Å². The van der Waals surface area contributed by atoms with Crippen LogP contribution in [0.5, 0.6) is 11.6 Å². The lowest BCUT2D eigenvalue weighted by Gasteiger charge is -2.30. The Labute approximate surface area is 148 Å². The zero-order chi connectivity index (χ0) is 17.6. The van der Waals surface area contributed by atoms with Gasteiger partial charge in [0.15, 0.2) is 0 Å². The number of rotatable bonds is 1. The number of aromatic nitrogens is 2. The molecule has 2 aliphatic heterocycles. The van der Waals surface area contributed by atoms with E-state index >= 15 is 0 Å². The van der Waals surface area contributed by atoms with Gasteiger partial charge in [0, 0.05) is 24.2 Å². The Bertz CT molecular complexity index is 860. The van der Waals surface area contributed by atoms with Crippen molar-refractivity contribution in [1.82, 2.24) is 9.97 Å². The van der Waals surface area contributed by atoms with Crippen LogP contribution < -0.4 is 15.4 Å². The van der Waals surface area contributed by atoms with Crippen LogP contribution in [0.4, 0.5) is 11.8 Å². The Hall–Kier alpha value is -2.58. The van der Waals surface area contributed by atoms with Gasteiger partial charge in [-0.3, -0.25) is 0 Å². The minimum atomic E-state index is -1.14. The molecule has 1 aromatic heterocycles. The van der Waals surface area contributed by atoms with Crippen LogP contribution in [0.2, 0.25) is 5.02 Å². The van der Waals surface area contributed by atoms with Crippen molar-refractivity contribution in [3.63, 3.8) is 0 Å². The highest BCUT2D eigenvalue weighted by atomic mass is 35.5. The average molecular weight is 363 g/mol. The number of carboxylic acids is 1. The summed E-state index contributed by atoms with van der Waals surface area (Å²) in [5, 5.41) is 9.78. The number of carbonyl (C=O) groups is 1. The number of nitrogens with zero attached hydrogens (tertiary/aromatic N) is 3. The van der Waals surface area contributed by atoms with Gasteiger partial charge in [-0.25, -0.2) is 4.79 Å². The van der Waals surface area contributed by atoms with Crippen molar-refractivity contribution in [2.75, 3.05) is 30.4 Å². The number of nitrogen functional groups attached to an aromatic ring is 1. The second-order valence-electron chi connectivity index (χ2n) is 5.84. The molecule has 1 aromatic carbocycles. The molecule has 0 unspecified atom stereocenters. The van der Waals surface area contributed by atoms with Gasteiger partial charge in [-0.2, -0.15) is 9.97 Å². The van der Waals surface area contributed by atoms with Gasteiger partial charge in [-0.1, -0.05) is 11.6 Å². The summed E-state index contributed by atoms with van der Waals surface area (Å²) >= 11 is 6.39. The molecule has 1 saturated heterocycles. The summed E-state index contributed by atoms with van der Waals surface area (Å²) in [6.07, 6.45) is 0.814. The maximum Gasteiger partial charge on any atom is 0.339 e. The van der Waals surface area contributed by atoms with E-state index in [0.29, 0.717) is 36.2 Å². The number of anilines is 2.